The van der Waals surface area contributed by atoms with Crippen LogP contribution in [0.1, 0.15) is 25.2 Å². The lowest BCUT2D eigenvalue weighted by Gasteiger charge is -2.16. The molecular formula is C22H25F3N6O2. The van der Waals surface area contributed by atoms with Crippen molar-refractivity contribution in [2.75, 3.05) is 25.5 Å². The average Bonchev–Trinajstić information content (AvgIpc) is 3.20. The third-order valence-electron chi connectivity index (χ3n) is 6.09. The summed E-state index contributed by atoms with van der Waals surface area (Å²) < 4.78 is 46.7. The quantitative estimate of drug-likeness (QED) is 0.560. The van der Waals surface area contributed by atoms with Crippen LogP contribution >= 0.6 is 0 Å². The van der Waals surface area contributed by atoms with Crippen molar-refractivity contribution in [1.82, 2.24) is 24.9 Å². The van der Waals surface area contributed by atoms with E-state index in [1.165, 1.54) is 4.57 Å². The first-order valence-corrected chi connectivity index (χ1v) is 11.0. The zero-order chi connectivity index (χ0) is 23.2. The number of nitrogens with one attached hydrogen (secondary N) is 2. The molecule has 33 heavy (non-hydrogen) atoms. The molecule has 2 fully saturated rings. The third-order valence-corrected chi connectivity index (χ3v) is 6.09. The van der Waals surface area contributed by atoms with Gasteiger partial charge in [0.05, 0.1) is 17.8 Å². The van der Waals surface area contributed by atoms with Crippen molar-refractivity contribution in [1.29, 1.82) is 0 Å². The number of fused-ring (bicyclic) bond motifs is 1. The van der Waals surface area contributed by atoms with Crippen molar-refractivity contribution < 1.29 is 22.5 Å². The zero-order valence-electron chi connectivity index (χ0n) is 18.2. The van der Waals surface area contributed by atoms with Crippen molar-refractivity contribution in [3.63, 3.8) is 0 Å². The number of anilines is 1. The smallest absolute Gasteiger partial charge is 0.380 e. The summed E-state index contributed by atoms with van der Waals surface area (Å²) in [7, 11) is 2.04. The predicted molar refractivity (Wildman–Crippen MR) is 115 cm³/mol. The molecule has 1 unspecified atom stereocenters. The second-order valence-corrected chi connectivity index (χ2v) is 8.87. The second kappa shape index (κ2) is 8.36. The Morgan fingerprint density at radius 1 is 1.27 bits per heavy atom. The van der Waals surface area contributed by atoms with Gasteiger partial charge in [0.25, 0.3) is 0 Å². The van der Waals surface area contributed by atoms with Gasteiger partial charge in [-0.2, -0.15) is 18.2 Å². The summed E-state index contributed by atoms with van der Waals surface area (Å²) in [4.78, 5) is 18.3. The molecule has 0 radical (unpaired) electrons. The van der Waals surface area contributed by atoms with Crippen LogP contribution < -0.4 is 10.6 Å². The maximum Gasteiger partial charge on any atom is 0.406 e. The maximum atomic E-state index is 13.5. The Bertz CT molecular complexity index is 1170. The predicted octanol–water partition coefficient (Wildman–Crippen LogP) is 3.40. The van der Waals surface area contributed by atoms with Crippen molar-refractivity contribution in [2.45, 2.75) is 44.6 Å². The number of alkyl halides is 3. The molecule has 2 aliphatic rings. The van der Waals surface area contributed by atoms with E-state index in [1.54, 1.807) is 18.2 Å². The molecule has 1 aliphatic carbocycles. The molecule has 3 heterocycles. The van der Waals surface area contributed by atoms with Crippen LogP contribution in [0.4, 0.5) is 18.9 Å². The molecule has 0 spiro atoms. The molecule has 1 aliphatic heterocycles. The molecule has 0 bridgehead atoms. The molecule has 2 aromatic heterocycles. The van der Waals surface area contributed by atoms with Gasteiger partial charge in [-0.3, -0.25) is 4.79 Å². The summed E-state index contributed by atoms with van der Waals surface area (Å²) in [5.41, 5.74) is 1.42. The molecule has 1 saturated heterocycles. The molecule has 1 saturated carbocycles. The Labute approximate surface area is 188 Å². The van der Waals surface area contributed by atoms with E-state index in [2.05, 4.69) is 25.7 Å². The van der Waals surface area contributed by atoms with Crippen LogP contribution in [0.25, 0.3) is 22.4 Å². The van der Waals surface area contributed by atoms with Crippen LogP contribution in [0, 0.1) is 5.92 Å². The minimum absolute atomic E-state index is 0.0345. The number of rotatable bonds is 7. The van der Waals surface area contributed by atoms with Gasteiger partial charge in [-0.1, -0.05) is 11.2 Å². The lowest BCUT2D eigenvalue weighted by atomic mass is 10.1. The Balaban J connectivity index is 1.47. The Kier molecular flexibility index (Phi) is 5.51. The number of halogens is 3. The minimum Gasteiger partial charge on any atom is -0.380 e. The van der Waals surface area contributed by atoms with Gasteiger partial charge in [0.2, 0.25) is 17.6 Å². The summed E-state index contributed by atoms with van der Waals surface area (Å²) >= 11 is 0. The van der Waals surface area contributed by atoms with Crippen LogP contribution in [0.3, 0.4) is 0 Å². The number of amides is 1. The minimum atomic E-state index is -4.43. The zero-order valence-corrected chi connectivity index (χ0v) is 18.2. The molecule has 1 amide bonds. The highest BCUT2D eigenvalue weighted by Gasteiger charge is 2.32. The average molecular weight is 462 g/mol. The summed E-state index contributed by atoms with van der Waals surface area (Å²) in [6, 6.07) is 7.17. The highest BCUT2D eigenvalue weighted by atomic mass is 19.4. The summed E-state index contributed by atoms with van der Waals surface area (Å²) in [5.74, 6) is 0.161. The first-order chi connectivity index (χ1) is 15.8. The standard InChI is InChI=1S/C22H25F3N6O2/c1-30-8-7-14(11-30)27-16-3-2-4-17-15(16)9-18(31(17)12-22(23,24)25)20-28-19(33-29-20)10-26-21(32)13-5-6-13/h2-4,9,13-14,27H,5-8,10-12H2,1H3,(H,26,32). The van der Waals surface area contributed by atoms with E-state index in [0.29, 0.717) is 10.9 Å². The molecular weight excluding hydrogens is 437 g/mol. The van der Waals surface area contributed by atoms with Crippen LogP contribution in [0.5, 0.6) is 0 Å². The van der Waals surface area contributed by atoms with E-state index < -0.39 is 12.7 Å². The number of aromatic nitrogens is 3. The molecule has 1 aromatic carbocycles. The Morgan fingerprint density at radius 3 is 2.79 bits per heavy atom. The molecule has 2 N–H and O–H groups in total. The van der Waals surface area contributed by atoms with Gasteiger partial charge < -0.3 is 24.6 Å². The van der Waals surface area contributed by atoms with Crippen LogP contribution in [0.2, 0.25) is 0 Å². The van der Waals surface area contributed by atoms with Gasteiger partial charge in [0.1, 0.15) is 6.54 Å². The number of carbonyl (C=O) groups is 1. The van der Waals surface area contributed by atoms with Gasteiger partial charge in [0, 0.05) is 29.6 Å². The fourth-order valence-electron chi connectivity index (χ4n) is 4.30. The van der Waals surface area contributed by atoms with Crippen molar-refractivity contribution in [3.8, 4) is 11.5 Å². The molecule has 5 rings (SSSR count). The van der Waals surface area contributed by atoms with E-state index in [4.69, 9.17) is 4.52 Å². The van der Waals surface area contributed by atoms with Gasteiger partial charge in [-0.15, -0.1) is 0 Å². The number of nitrogens with zero attached hydrogens (tertiary/aromatic N) is 4. The number of hydrogen-bond donors (Lipinski definition) is 2. The van der Waals surface area contributed by atoms with E-state index in [-0.39, 0.29) is 41.8 Å². The molecule has 1 atom stereocenters. The first kappa shape index (κ1) is 21.7. The van der Waals surface area contributed by atoms with E-state index in [9.17, 15) is 18.0 Å². The van der Waals surface area contributed by atoms with Gasteiger partial charge >= 0.3 is 6.18 Å². The van der Waals surface area contributed by atoms with Crippen LogP contribution in [0.15, 0.2) is 28.8 Å². The number of benzene rings is 1. The SMILES string of the molecule is CN1CCC(Nc2cccc3c2cc(-c2noc(CNC(=O)C4CC4)n2)n3CC(F)(F)F)C1. The summed E-state index contributed by atoms with van der Waals surface area (Å²) in [6.45, 7) is 0.706. The van der Waals surface area contributed by atoms with Crippen molar-refractivity contribution >= 4 is 22.5 Å². The summed E-state index contributed by atoms with van der Waals surface area (Å²) in [6.07, 6.45) is -1.73. The highest BCUT2D eigenvalue weighted by molar-refractivity contribution is 5.96. The number of likely N-dealkylation sites (N-methyl/N-ethyl adjacent to an activating group) is 1. The highest BCUT2D eigenvalue weighted by Crippen LogP contribution is 2.35. The Morgan fingerprint density at radius 2 is 2.09 bits per heavy atom. The first-order valence-electron chi connectivity index (χ1n) is 11.0. The summed E-state index contributed by atoms with van der Waals surface area (Å²) in [5, 5.41) is 10.8. The van der Waals surface area contributed by atoms with Gasteiger partial charge in [0.15, 0.2) is 0 Å². The fraction of sp³-hybridized carbons (Fsp3) is 0.500. The van der Waals surface area contributed by atoms with Crippen LogP contribution in [-0.4, -0.2) is 57.9 Å². The third kappa shape index (κ3) is 4.82. The Hall–Kier alpha value is -3.08. The molecule has 176 valence electrons. The molecule has 11 heteroatoms. The topological polar surface area (TPSA) is 88.2 Å². The lowest BCUT2D eigenvalue weighted by molar-refractivity contribution is -0.139. The van der Waals surface area contributed by atoms with Crippen LogP contribution in [-0.2, 0) is 17.9 Å². The van der Waals surface area contributed by atoms with Gasteiger partial charge in [-0.05, 0) is 51.1 Å². The second-order valence-electron chi connectivity index (χ2n) is 8.87. The molecule has 8 nitrogen and oxygen atoms in total. The largest absolute Gasteiger partial charge is 0.406 e. The normalized spacial score (nSPS) is 19.3. The number of carbonyl (C=O) groups excluding carboxylic acids is 1. The lowest BCUT2D eigenvalue weighted by Crippen LogP contribution is -2.24. The van der Waals surface area contributed by atoms with E-state index >= 15 is 0 Å². The van der Waals surface area contributed by atoms with E-state index in [1.807, 2.05) is 13.1 Å². The van der Waals surface area contributed by atoms with Gasteiger partial charge in [-0.25, -0.2) is 0 Å². The van der Waals surface area contributed by atoms with E-state index in [0.717, 1.165) is 38.0 Å². The fourth-order valence-corrected chi connectivity index (χ4v) is 4.30. The number of hydrogen-bond acceptors (Lipinski definition) is 6. The molecule has 3 aromatic rings. The van der Waals surface area contributed by atoms with Crippen molar-refractivity contribution in [3.05, 3.63) is 30.2 Å². The number of likely N-dealkylation sites (tertiary alicyclic amines) is 1. The maximum absolute atomic E-state index is 13.5. The van der Waals surface area contributed by atoms with Crippen molar-refractivity contribution in [2.24, 2.45) is 5.92 Å². The monoisotopic (exact) mass is 462 g/mol.